The summed E-state index contributed by atoms with van der Waals surface area (Å²) in [5.74, 6) is 0.0620. The molecule has 1 amide bonds. The van der Waals surface area contributed by atoms with Crippen LogP contribution in [-0.4, -0.2) is 38.8 Å². The molecule has 1 aliphatic rings. The topological polar surface area (TPSA) is 87.4 Å². The fourth-order valence-electron chi connectivity index (χ4n) is 4.55. The highest BCUT2D eigenvalue weighted by atomic mass is 16.2. The van der Waals surface area contributed by atoms with Crippen LogP contribution in [0.1, 0.15) is 41.3 Å². The number of piperidine rings is 1. The van der Waals surface area contributed by atoms with E-state index in [4.69, 9.17) is 11.0 Å². The van der Waals surface area contributed by atoms with Gasteiger partial charge in [0, 0.05) is 41.5 Å². The largest absolute Gasteiger partial charge is 0.339 e. The molecule has 2 aromatic carbocycles. The molecule has 170 valence electrons. The van der Waals surface area contributed by atoms with Gasteiger partial charge in [0.25, 0.3) is 5.91 Å². The van der Waals surface area contributed by atoms with Gasteiger partial charge in [0.05, 0.1) is 23.5 Å². The Morgan fingerprint density at radius 2 is 1.71 bits per heavy atom. The molecule has 0 unspecified atom stereocenters. The Balaban J connectivity index is 1.44. The van der Waals surface area contributed by atoms with Crippen molar-refractivity contribution in [1.82, 2.24) is 14.3 Å². The Bertz CT molecular complexity index is 1400. The highest BCUT2D eigenvalue weighted by Crippen LogP contribution is 2.29. The lowest BCUT2D eigenvalue weighted by Crippen LogP contribution is -2.49. The first-order valence-electron chi connectivity index (χ1n) is 11.5. The van der Waals surface area contributed by atoms with E-state index in [0.717, 1.165) is 46.4 Å². The predicted molar refractivity (Wildman–Crippen MR) is 133 cm³/mol. The summed E-state index contributed by atoms with van der Waals surface area (Å²) >= 11 is 0. The van der Waals surface area contributed by atoms with Gasteiger partial charge in [0.2, 0.25) is 0 Å². The van der Waals surface area contributed by atoms with Gasteiger partial charge < -0.3 is 10.6 Å². The summed E-state index contributed by atoms with van der Waals surface area (Å²) in [6.45, 7) is 5.52. The van der Waals surface area contributed by atoms with Crippen molar-refractivity contribution in [2.75, 3.05) is 13.1 Å². The molecule has 0 spiro atoms. The second-order valence-electron chi connectivity index (χ2n) is 9.45. The molecule has 0 radical (unpaired) electrons. The van der Waals surface area contributed by atoms with Gasteiger partial charge in [0.1, 0.15) is 5.65 Å². The number of likely N-dealkylation sites (tertiary alicyclic amines) is 1. The molecule has 1 saturated heterocycles. The van der Waals surface area contributed by atoms with Gasteiger partial charge in [-0.3, -0.25) is 9.20 Å². The van der Waals surface area contributed by atoms with Crippen LogP contribution >= 0.6 is 0 Å². The molecular weight excluding hydrogens is 422 g/mol. The Labute approximate surface area is 199 Å². The van der Waals surface area contributed by atoms with Gasteiger partial charge in [-0.15, -0.1) is 0 Å². The van der Waals surface area contributed by atoms with Crippen LogP contribution in [0.3, 0.4) is 0 Å². The summed E-state index contributed by atoms with van der Waals surface area (Å²) < 4.78 is 2.07. The number of aromatic nitrogens is 2. The van der Waals surface area contributed by atoms with E-state index in [1.165, 1.54) is 0 Å². The number of rotatable bonds is 3. The third-order valence-corrected chi connectivity index (χ3v) is 6.80. The van der Waals surface area contributed by atoms with E-state index in [9.17, 15) is 4.79 Å². The lowest BCUT2D eigenvalue weighted by atomic mass is 9.90. The second kappa shape index (κ2) is 8.44. The van der Waals surface area contributed by atoms with Crippen molar-refractivity contribution in [2.45, 2.75) is 32.2 Å². The number of benzene rings is 2. The molecule has 2 N–H and O–H groups in total. The molecule has 0 bridgehead atoms. The van der Waals surface area contributed by atoms with Gasteiger partial charge >= 0.3 is 0 Å². The van der Waals surface area contributed by atoms with E-state index in [1.807, 2.05) is 59.6 Å². The summed E-state index contributed by atoms with van der Waals surface area (Å²) in [6.07, 6.45) is 5.59. The van der Waals surface area contributed by atoms with E-state index in [-0.39, 0.29) is 11.4 Å². The lowest BCUT2D eigenvalue weighted by Gasteiger charge is -2.36. The number of hydrogen-bond acceptors (Lipinski definition) is 4. The Hall–Kier alpha value is -3.95. The molecule has 3 heterocycles. The number of aryl methyl sites for hydroxylation is 1. The number of nitriles is 1. The predicted octanol–water partition coefficient (Wildman–Crippen LogP) is 4.80. The number of nitrogens with zero attached hydrogens (tertiary/aromatic N) is 4. The Morgan fingerprint density at radius 3 is 2.35 bits per heavy atom. The summed E-state index contributed by atoms with van der Waals surface area (Å²) in [4.78, 5) is 19.4. The number of fused-ring (bicyclic) bond motifs is 1. The van der Waals surface area contributed by atoms with E-state index in [1.54, 1.807) is 0 Å². The van der Waals surface area contributed by atoms with Crippen LogP contribution in [0.5, 0.6) is 0 Å². The van der Waals surface area contributed by atoms with E-state index < -0.39 is 0 Å². The average Bonchev–Trinajstić information content (AvgIpc) is 3.26. The third kappa shape index (κ3) is 4.07. The first-order chi connectivity index (χ1) is 16.3. The van der Waals surface area contributed by atoms with Gasteiger partial charge in [-0.1, -0.05) is 24.3 Å². The summed E-state index contributed by atoms with van der Waals surface area (Å²) in [5.41, 5.74) is 13.4. The van der Waals surface area contributed by atoms with Crippen molar-refractivity contribution in [3.63, 3.8) is 0 Å². The maximum absolute atomic E-state index is 13.0. The minimum absolute atomic E-state index is 0.0620. The molecule has 0 aliphatic carbocycles. The monoisotopic (exact) mass is 449 g/mol. The van der Waals surface area contributed by atoms with Crippen molar-refractivity contribution < 1.29 is 4.79 Å². The molecule has 0 saturated carbocycles. The minimum atomic E-state index is -0.180. The van der Waals surface area contributed by atoms with Crippen molar-refractivity contribution >= 4 is 11.6 Å². The molecule has 6 heteroatoms. The van der Waals surface area contributed by atoms with E-state index in [0.29, 0.717) is 24.2 Å². The second-order valence-corrected chi connectivity index (χ2v) is 9.45. The smallest absolute Gasteiger partial charge is 0.253 e. The zero-order chi connectivity index (χ0) is 23.9. The molecule has 0 atom stereocenters. The fraction of sp³-hybridized carbons (Fsp3) is 0.250. The van der Waals surface area contributed by atoms with Crippen LogP contribution in [0.2, 0.25) is 0 Å². The molecule has 1 aliphatic heterocycles. The van der Waals surface area contributed by atoms with Crippen LogP contribution in [0.4, 0.5) is 0 Å². The van der Waals surface area contributed by atoms with Gasteiger partial charge in [0.15, 0.2) is 0 Å². The molecule has 2 aromatic heterocycles. The minimum Gasteiger partial charge on any atom is -0.339 e. The SMILES string of the molecule is Cc1cc2ncc(-c3ccc(C#N)cc3)n2cc1-c1ccc(C(=O)N2CCC(C)(N)CC2)cc1. The van der Waals surface area contributed by atoms with Crippen LogP contribution in [0.15, 0.2) is 67.0 Å². The summed E-state index contributed by atoms with van der Waals surface area (Å²) in [7, 11) is 0. The molecule has 1 fully saturated rings. The van der Waals surface area contributed by atoms with Crippen molar-refractivity contribution in [2.24, 2.45) is 5.73 Å². The normalized spacial score (nSPS) is 15.3. The fourth-order valence-corrected chi connectivity index (χ4v) is 4.55. The zero-order valence-corrected chi connectivity index (χ0v) is 19.5. The quantitative estimate of drug-likeness (QED) is 0.487. The zero-order valence-electron chi connectivity index (χ0n) is 19.5. The number of carbonyl (C=O) groups excluding carboxylic acids is 1. The third-order valence-electron chi connectivity index (χ3n) is 6.80. The van der Waals surface area contributed by atoms with E-state index in [2.05, 4.69) is 41.6 Å². The van der Waals surface area contributed by atoms with Crippen LogP contribution in [0, 0.1) is 18.3 Å². The maximum atomic E-state index is 13.0. The highest BCUT2D eigenvalue weighted by molar-refractivity contribution is 5.95. The molecule has 34 heavy (non-hydrogen) atoms. The molecule has 6 nitrogen and oxygen atoms in total. The highest BCUT2D eigenvalue weighted by Gasteiger charge is 2.28. The molecule has 4 aromatic rings. The Morgan fingerprint density at radius 1 is 1.06 bits per heavy atom. The van der Waals surface area contributed by atoms with Crippen LogP contribution in [-0.2, 0) is 0 Å². The summed E-state index contributed by atoms with van der Waals surface area (Å²) in [5, 5.41) is 9.08. The molecular formula is C28H27N5O. The lowest BCUT2D eigenvalue weighted by molar-refractivity contribution is 0.0681. The number of amides is 1. The summed E-state index contributed by atoms with van der Waals surface area (Å²) in [6, 6.07) is 19.6. The Kier molecular flexibility index (Phi) is 5.43. The van der Waals surface area contributed by atoms with Gasteiger partial charge in [-0.25, -0.2) is 4.98 Å². The first kappa shape index (κ1) is 21.9. The number of pyridine rings is 1. The number of nitrogens with two attached hydrogens (primary N) is 1. The number of imidazole rings is 1. The number of hydrogen-bond donors (Lipinski definition) is 1. The van der Waals surface area contributed by atoms with Crippen molar-refractivity contribution in [3.05, 3.63) is 83.7 Å². The standard InChI is InChI=1S/C28H27N5O/c1-19-15-26-31-17-25(22-5-3-20(16-29)4-6-22)33(26)18-24(19)21-7-9-23(10-8-21)27(34)32-13-11-28(2,30)12-14-32/h3-10,15,17-18H,11-14,30H2,1-2H3. The van der Waals surface area contributed by atoms with Crippen molar-refractivity contribution in [3.8, 4) is 28.5 Å². The van der Waals surface area contributed by atoms with Gasteiger partial charge in [-0.05, 0) is 68.1 Å². The van der Waals surface area contributed by atoms with Crippen LogP contribution in [0.25, 0.3) is 28.0 Å². The van der Waals surface area contributed by atoms with Crippen molar-refractivity contribution in [1.29, 1.82) is 5.26 Å². The average molecular weight is 450 g/mol. The van der Waals surface area contributed by atoms with Gasteiger partial charge in [-0.2, -0.15) is 5.26 Å². The molecule has 5 rings (SSSR count). The number of carbonyl (C=O) groups is 1. The maximum Gasteiger partial charge on any atom is 0.253 e. The van der Waals surface area contributed by atoms with E-state index >= 15 is 0 Å². The van der Waals surface area contributed by atoms with Crippen LogP contribution < -0.4 is 5.73 Å². The first-order valence-corrected chi connectivity index (χ1v) is 11.5.